The average molecular weight is 596 g/mol. The quantitative estimate of drug-likeness (QED) is 0.185. The van der Waals surface area contributed by atoms with Crippen molar-refractivity contribution in [2.45, 2.75) is 32.7 Å². The van der Waals surface area contributed by atoms with Gasteiger partial charge in [-0.05, 0) is 42.3 Å². The highest BCUT2D eigenvalue weighted by atomic mass is 19.2. The van der Waals surface area contributed by atoms with E-state index in [4.69, 9.17) is 15.5 Å². The summed E-state index contributed by atoms with van der Waals surface area (Å²) in [5.74, 6) is 5.01. The van der Waals surface area contributed by atoms with Crippen molar-refractivity contribution >= 4 is 16.7 Å². The van der Waals surface area contributed by atoms with E-state index in [0.29, 0.717) is 53.5 Å². The number of hydrogen-bond donors (Lipinski definition) is 1. The van der Waals surface area contributed by atoms with Crippen LogP contribution in [0.4, 0.5) is 8.78 Å². The summed E-state index contributed by atoms with van der Waals surface area (Å²) in [5.41, 5.74) is 8.56. The Hall–Kier alpha value is -5.14. The maximum Gasteiger partial charge on any atom is 0.278 e. The second-order valence-electron chi connectivity index (χ2n) is 10.3. The molecule has 224 valence electrons. The molecule has 10 heteroatoms. The number of aromatic nitrogens is 4. The van der Waals surface area contributed by atoms with Crippen LogP contribution in [-0.4, -0.2) is 38.3 Å². The molecule has 44 heavy (non-hydrogen) atoms. The van der Waals surface area contributed by atoms with E-state index in [1.54, 1.807) is 30.9 Å². The molecule has 5 aromatic rings. The van der Waals surface area contributed by atoms with Gasteiger partial charge in [0, 0.05) is 55.7 Å². The monoisotopic (exact) mass is 595 g/mol. The Bertz CT molecular complexity index is 1960. The maximum absolute atomic E-state index is 13.7. The topological polar surface area (TPSA) is 105 Å². The number of hydrogen-bond acceptors (Lipinski definition) is 6. The van der Waals surface area contributed by atoms with Gasteiger partial charge >= 0.3 is 0 Å². The van der Waals surface area contributed by atoms with Gasteiger partial charge in [0.05, 0.1) is 6.54 Å². The Balaban J connectivity index is 1.32. The number of nitrogens with zero attached hydrogens (tertiary/aromatic N) is 4. The zero-order valence-electron chi connectivity index (χ0n) is 24.4. The Morgan fingerprint density at radius 2 is 1.84 bits per heavy atom. The van der Waals surface area contributed by atoms with Crippen molar-refractivity contribution < 1.29 is 18.3 Å². The lowest BCUT2D eigenvalue weighted by Crippen LogP contribution is -2.25. The standard InChI is InChI=1S/C34H31F2N5O3/c1-22-32(34(43)41(40(22)2)21-25-12-13-27(35)28(36)17-25)29(42)11-7-6-10-24-16-26-20-38-31(19-23-8-4-3-5-9-23)39-33(26)30(18-24)44-15-14-37/h3-5,8-9,12-13,16-18,20H,7,11,14-15,19,21,37H2,1-2H3. The third kappa shape index (κ3) is 6.74. The molecule has 0 aliphatic heterocycles. The fourth-order valence-corrected chi connectivity index (χ4v) is 4.90. The van der Waals surface area contributed by atoms with Gasteiger partial charge in [-0.3, -0.25) is 14.3 Å². The molecule has 0 saturated heterocycles. The molecule has 2 N–H and O–H groups in total. The van der Waals surface area contributed by atoms with Crippen molar-refractivity contribution in [3.8, 4) is 17.6 Å². The lowest BCUT2D eigenvalue weighted by Gasteiger charge is -2.10. The number of nitrogens with two attached hydrogens (primary N) is 1. The predicted octanol–water partition coefficient (Wildman–Crippen LogP) is 4.71. The zero-order valence-corrected chi connectivity index (χ0v) is 24.4. The molecule has 0 saturated carbocycles. The van der Waals surface area contributed by atoms with Crippen LogP contribution in [0.15, 0.2) is 71.7 Å². The van der Waals surface area contributed by atoms with Crippen LogP contribution < -0.4 is 16.0 Å². The van der Waals surface area contributed by atoms with E-state index in [2.05, 4.69) is 16.8 Å². The number of rotatable bonds is 10. The number of fused-ring (bicyclic) bond motifs is 1. The number of Topliss-reactive ketones (excluding diaryl/α,β-unsaturated/α-hetero) is 1. The van der Waals surface area contributed by atoms with E-state index in [1.165, 1.54) is 10.7 Å². The maximum atomic E-state index is 13.7. The van der Waals surface area contributed by atoms with Gasteiger partial charge in [-0.2, -0.15) is 0 Å². The van der Waals surface area contributed by atoms with Crippen molar-refractivity contribution in [2.24, 2.45) is 12.8 Å². The second kappa shape index (κ2) is 13.4. The summed E-state index contributed by atoms with van der Waals surface area (Å²) in [4.78, 5) is 35.5. The summed E-state index contributed by atoms with van der Waals surface area (Å²) in [6.45, 7) is 2.31. The van der Waals surface area contributed by atoms with Crippen LogP contribution in [0.2, 0.25) is 0 Å². The van der Waals surface area contributed by atoms with Crippen LogP contribution in [0.5, 0.6) is 5.75 Å². The molecular formula is C34H31F2N5O3. The van der Waals surface area contributed by atoms with E-state index in [9.17, 15) is 18.4 Å². The van der Waals surface area contributed by atoms with E-state index in [-0.39, 0.29) is 30.7 Å². The molecule has 0 fully saturated rings. The summed E-state index contributed by atoms with van der Waals surface area (Å²) in [5, 5.41) is 0.762. The summed E-state index contributed by atoms with van der Waals surface area (Å²) < 4.78 is 35.8. The first-order valence-corrected chi connectivity index (χ1v) is 14.1. The molecule has 0 unspecified atom stereocenters. The smallest absolute Gasteiger partial charge is 0.278 e. The molecular weight excluding hydrogens is 564 g/mol. The molecule has 0 aliphatic rings. The molecule has 0 radical (unpaired) electrons. The highest BCUT2D eigenvalue weighted by Crippen LogP contribution is 2.26. The lowest BCUT2D eigenvalue weighted by atomic mass is 10.1. The first-order valence-electron chi connectivity index (χ1n) is 14.1. The van der Waals surface area contributed by atoms with Crippen LogP contribution in [-0.2, 0) is 20.0 Å². The fraction of sp³-hybridized carbons (Fsp3) is 0.235. The van der Waals surface area contributed by atoms with Crippen molar-refractivity contribution in [3.05, 3.63) is 123 Å². The fourth-order valence-electron chi connectivity index (χ4n) is 4.90. The number of benzene rings is 3. The van der Waals surface area contributed by atoms with Crippen LogP contribution in [0.1, 0.15) is 51.4 Å². The Kier molecular flexibility index (Phi) is 9.26. The van der Waals surface area contributed by atoms with Gasteiger partial charge in [-0.25, -0.2) is 23.4 Å². The van der Waals surface area contributed by atoms with E-state index in [0.717, 1.165) is 23.1 Å². The molecule has 5 rings (SSSR count). The van der Waals surface area contributed by atoms with Crippen molar-refractivity contribution in [3.63, 3.8) is 0 Å². The SMILES string of the molecule is Cc1c(C(=O)CCC#Cc2cc(OCCN)c3nc(Cc4ccccc4)ncc3c2)c(=O)n(Cc2ccc(F)c(F)c2)n1C. The highest BCUT2D eigenvalue weighted by molar-refractivity contribution is 5.97. The molecule has 0 amide bonds. The Morgan fingerprint density at radius 1 is 1.05 bits per heavy atom. The van der Waals surface area contributed by atoms with Gasteiger partial charge < -0.3 is 10.5 Å². The van der Waals surface area contributed by atoms with E-state index >= 15 is 0 Å². The summed E-state index contributed by atoms with van der Waals surface area (Å²) in [6, 6.07) is 17.1. The normalized spacial score (nSPS) is 10.9. The van der Waals surface area contributed by atoms with Crippen LogP contribution in [0, 0.1) is 30.4 Å². The van der Waals surface area contributed by atoms with Gasteiger partial charge in [-0.1, -0.05) is 48.2 Å². The van der Waals surface area contributed by atoms with Crippen LogP contribution >= 0.6 is 0 Å². The van der Waals surface area contributed by atoms with Crippen LogP contribution in [0.3, 0.4) is 0 Å². The minimum absolute atomic E-state index is 0.00551. The number of carbonyl (C=O) groups excluding carboxylic acids is 1. The molecule has 8 nitrogen and oxygen atoms in total. The number of ether oxygens (including phenoxy) is 1. The largest absolute Gasteiger partial charge is 0.490 e. The Morgan fingerprint density at radius 3 is 2.59 bits per heavy atom. The van der Waals surface area contributed by atoms with Gasteiger partial charge in [-0.15, -0.1) is 0 Å². The average Bonchev–Trinajstić information content (AvgIpc) is 3.23. The summed E-state index contributed by atoms with van der Waals surface area (Å²) in [7, 11) is 1.64. The van der Waals surface area contributed by atoms with Gasteiger partial charge in [0.25, 0.3) is 5.56 Å². The summed E-state index contributed by atoms with van der Waals surface area (Å²) >= 11 is 0. The third-order valence-corrected chi connectivity index (χ3v) is 7.24. The first-order chi connectivity index (χ1) is 21.2. The second-order valence-corrected chi connectivity index (χ2v) is 10.3. The van der Waals surface area contributed by atoms with E-state index in [1.807, 2.05) is 36.4 Å². The number of carbonyl (C=O) groups is 1. The Labute approximate surface area is 253 Å². The van der Waals surface area contributed by atoms with Gasteiger partial charge in [0.15, 0.2) is 17.4 Å². The van der Waals surface area contributed by atoms with Gasteiger partial charge in [0.1, 0.15) is 29.3 Å². The minimum Gasteiger partial charge on any atom is -0.490 e. The molecule has 2 heterocycles. The third-order valence-electron chi connectivity index (χ3n) is 7.24. The molecule has 0 bridgehead atoms. The molecule has 0 atom stereocenters. The predicted molar refractivity (Wildman–Crippen MR) is 164 cm³/mol. The van der Waals surface area contributed by atoms with Crippen LogP contribution in [0.25, 0.3) is 10.9 Å². The highest BCUT2D eigenvalue weighted by Gasteiger charge is 2.21. The molecule has 3 aromatic carbocycles. The number of halogens is 2. The number of ketones is 1. The van der Waals surface area contributed by atoms with Gasteiger partial charge in [0.2, 0.25) is 0 Å². The summed E-state index contributed by atoms with van der Waals surface area (Å²) in [6.07, 6.45) is 2.58. The zero-order chi connectivity index (χ0) is 31.2. The van der Waals surface area contributed by atoms with Crippen molar-refractivity contribution in [2.75, 3.05) is 13.2 Å². The molecule has 0 spiro atoms. The molecule has 2 aromatic heterocycles. The van der Waals surface area contributed by atoms with Crippen molar-refractivity contribution in [1.29, 1.82) is 0 Å². The lowest BCUT2D eigenvalue weighted by molar-refractivity contribution is 0.0982. The minimum atomic E-state index is -0.999. The van der Waals surface area contributed by atoms with Crippen molar-refractivity contribution in [1.82, 2.24) is 19.3 Å². The first kappa shape index (κ1) is 30.3. The van der Waals surface area contributed by atoms with E-state index < -0.39 is 17.2 Å². The molecule has 0 aliphatic carbocycles.